The fourth-order valence-corrected chi connectivity index (χ4v) is 3.46. The highest BCUT2D eigenvalue weighted by Gasteiger charge is 2.26. The second-order valence-corrected chi connectivity index (χ2v) is 6.56. The minimum absolute atomic E-state index is 0.0557. The fraction of sp³-hybridized carbons (Fsp3) is 0.111. The number of allylic oxidation sites excluding steroid dienone is 1. The molecule has 1 aromatic heterocycles. The number of ether oxygens (including phenoxy) is 1. The number of aromatic nitrogens is 3. The van der Waals surface area contributed by atoms with Crippen molar-refractivity contribution in [1.82, 2.24) is 14.8 Å². The molecule has 0 bridgehead atoms. The molecule has 1 atom stereocenters. The van der Waals surface area contributed by atoms with E-state index in [1.165, 1.54) is 12.4 Å². The van der Waals surface area contributed by atoms with Crippen molar-refractivity contribution in [3.8, 4) is 5.75 Å². The first-order valence-corrected chi connectivity index (χ1v) is 8.66. The Morgan fingerprint density at radius 1 is 1.15 bits per heavy atom. The Balaban J connectivity index is 1.83. The molecule has 1 unspecified atom stereocenters. The van der Waals surface area contributed by atoms with Gasteiger partial charge in [-0.25, -0.2) is 4.68 Å². The third kappa shape index (κ3) is 3.48. The fourth-order valence-electron chi connectivity index (χ4n) is 2.94. The minimum atomic E-state index is -2.93. The van der Waals surface area contributed by atoms with Gasteiger partial charge in [0.05, 0.1) is 5.70 Å². The van der Waals surface area contributed by atoms with Crippen molar-refractivity contribution in [3.63, 3.8) is 0 Å². The van der Waals surface area contributed by atoms with Crippen LogP contribution in [0.2, 0.25) is 10.0 Å². The summed E-state index contributed by atoms with van der Waals surface area (Å²) in [5, 5.41) is 8.30. The van der Waals surface area contributed by atoms with Gasteiger partial charge in [0.2, 0.25) is 5.95 Å². The summed E-state index contributed by atoms with van der Waals surface area (Å²) in [6.45, 7) is -2.93. The predicted molar refractivity (Wildman–Crippen MR) is 99.3 cm³/mol. The van der Waals surface area contributed by atoms with Gasteiger partial charge in [0.1, 0.15) is 18.1 Å². The lowest BCUT2D eigenvalue weighted by Crippen LogP contribution is -2.21. The summed E-state index contributed by atoms with van der Waals surface area (Å²) in [5.74, 6) is 0.510. The number of alkyl halides is 2. The number of nitrogens with zero attached hydrogens (tertiary/aromatic N) is 3. The van der Waals surface area contributed by atoms with Crippen molar-refractivity contribution in [1.29, 1.82) is 0 Å². The Bertz CT molecular complexity index is 1020. The van der Waals surface area contributed by atoms with Gasteiger partial charge in [-0.15, -0.1) is 0 Å². The van der Waals surface area contributed by atoms with E-state index in [-0.39, 0.29) is 5.75 Å². The number of benzene rings is 2. The third-order valence-corrected chi connectivity index (χ3v) is 4.64. The summed E-state index contributed by atoms with van der Waals surface area (Å²) in [4.78, 5) is 4.19. The first-order chi connectivity index (χ1) is 13.0. The Morgan fingerprint density at radius 2 is 1.96 bits per heavy atom. The van der Waals surface area contributed by atoms with Gasteiger partial charge < -0.3 is 10.1 Å². The Labute approximate surface area is 163 Å². The Morgan fingerprint density at radius 3 is 2.74 bits per heavy atom. The smallest absolute Gasteiger partial charge is 0.387 e. The normalized spacial score (nSPS) is 15.9. The largest absolute Gasteiger partial charge is 0.434 e. The molecule has 0 saturated heterocycles. The summed E-state index contributed by atoms with van der Waals surface area (Å²) >= 11 is 12.4. The molecule has 1 aliphatic rings. The summed E-state index contributed by atoms with van der Waals surface area (Å²) in [6.07, 6.45) is 3.22. The summed E-state index contributed by atoms with van der Waals surface area (Å²) < 4.78 is 31.8. The quantitative estimate of drug-likeness (QED) is 0.640. The van der Waals surface area contributed by atoms with Crippen LogP contribution in [0, 0.1) is 0 Å². The molecule has 0 saturated carbocycles. The lowest BCUT2D eigenvalue weighted by Gasteiger charge is -2.25. The van der Waals surface area contributed by atoms with Gasteiger partial charge in [-0.05, 0) is 35.9 Å². The first kappa shape index (κ1) is 17.8. The molecule has 3 aromatic rings. The zero-order valence-electron chi connectivity index (χ0n) is 13.6. The van der Waals surface area contributed by atoms with Crippen LogP contribution in [-0.2, 0) is 0 Å². The molecule has 1 aliphatic heterocycles. The van der Waals surface area contributed by atoms with Crippen LogP contribution in [0.4, 0.5) is 14.7 Å². The van der Waals surface area contributed by atoms with Gasteiger partial charge in [0.25, 0.3) is 0 Å². The molecule has 0 aliphatic carbocycles. The SMILES string of the molecule is FC(F)Oc1ccccc1C1=CC(c2ccc(Cl)cc2Cl)n2ncnc2N1. The molecular weight excluding hydrogens is 397 g/mol. The van der Waals surface area contributed by atoms with Gasteiger partial charge in [0.15, 0.2) is 0 Å². The van der Waals surface area contributed by atoms with E-state index in [0.717, 1.165) is 5.56 Å². The highest BCUT2D eigenvalue weighted by Crippen LogP contribution is 2.38. The maximum atomic E-state index is 12.8. The van der Waals surface area contributed by atoms with Crippen molar-refractivity contribution in [2.24, 2.45) is 0 Å². The zero-order chi connectivity index (χ0) is 19.0. The van der Waals surface area contributed by atoms with Crippen LogP contribution in [0.5, 0.6) is 5.75 Å². The number of halogens is 4. The molecule has 4 rings (SSSR count). The predicted octanol–water partition coefficient (Wildman–Crippen LogP) is 5.24. The van der Waals surface area contributed by atoms with Gasteiger partial charge in [-0.2, -0.15) is 18.9 Å². The number of rotatable bonds is 4. The molecule has 0 amide bonds. The van der Waals surface area contributed by atoms with Crippen LogP contribution in [0.25, 0.3) is 5.70 Å². The summed E-state index contributed by atoms with van der Waals surface area (Å²) in [6, 6.07) is 11.3. The second kappa shape index (κ2) is 7.17. The van der Waals surface area contributed by atoms with Crippen molar-refractivity contribution in [3.05, 3.63) is 76.0 Å². The van der Waals surface area contributed by atoms with Crippen molar-refractivity contribution >= 4 is 34.8 Å². The van der Waals surface area contributed by atoms with Crippen molar-refractivity contribution in [2.45, 2.75) is 12.7 Å². The van der Waals surface area contributed by atoms with Gasteiger partial charge in [-0.1, -0.05) is 41.4 Å². The van der Waals surface area contributed by atoms with E-state index in [0.29, 0.717) is 27.3 Å². The topological polar surface area (TPSA) is 52.0 Å². The highest BCUT2D eigenvalue weighted by atomic mass is 35.5. The lowest BCUT2D eigenvalue weighted by atomic mass is 10.0. The van der Waals surface area contributed by atoms with E-state index >= 15 is 0 Å². The summed E-state index contributed by atoms with van der Waals surface area (Å²) in [5.41, 5.74) is 1.78. The van der Waals surface area contributed by atoms with Gasteiger partial charge in [-0.3, -0.25) is 0 Å². The van der Waals surface area contributed by atoms with Crippen LogP contribution in [-0.4, -0.2) is 21.4 Å². The van der Waals surface area contributed by atoms with Crippen molar-refractivity contribution in [2.75, 3.05) is 5.32 Å². The van der Waals surface area contributed by atoms with E-state index in [9.17, 15) is 8.78 Å². The number of nitrogens with one attached hydrogen (secondary N) is 1. The van der Waals surface area contributed by atoms with Crippen LogP contribution in [0.15, 0.2) is 54.9 Å². The molecule has 9 heteroatoms. The van der Waals surface area contributed by atoms with E-state index in [2.05, 4.69) is 20.1 Å². The average molecular weight is 409 g/mol. The minimum Gasteiger partial charge on any atom is -0.434 e. The van der Waals surface area contributed by atoms with E-state index in [4.69, 9.17) is 23.2 Å². The zero-order valence-corrected chi connectivity index (χ0v) is 15.1. The Kier molecular flexibility index (Phi) is 4.72. The summed E-state index contributed by atoms with van der Waals surface area (Å²) in [7, 11) is 0. The van der Waals surface area contributed by atoms with Crippen LogP contribution >= 0.6 is 23.2 Å². The molecule has 138 valence electrons. The average Bonchev–Trinajstić information content (AvgIpc) is 3.10. The molecular formula is C18H12Cl2F2N4O. The molecule has 5 nitrogen and oxygen atoms in total. The van der Waals surface area contributed by atoms with Crippen LogP contribution in [0.1, 0.15) is 17.2 Å². The number of fused-ring (bicyclic) bond motifs is 1. The molecule has 2 aromatic carbocycles. The van der Waals surface area contributed by atoms with Crippen molar-refractivity contribution < 1.29 is 13.5 Å². The number of anilines is 1. The third-order valence-electron chi connectivity index (χ3n) is 4.08. The first-order valence-electron chi connectivity index (χ1n) is 7.90. The Hall–Kier alpha value is -2.64. The highest BCUT2D eigenvalue weighted by molar-refractivity contribution is 6.35. The molecule has 0 radical (unpaired) electrons. The number of para-hydroxylation sites is 1. The van der Waals surface area contributed by atoms with Crippen LogP contribution in [0.3, 0.4) is 0 Å². The number of hydrogen-bond acceptors (Lipinski definition) is 4. The molecule has 2 heterocycles. The van der Waals surface area contributed by atoms with E-state index in [1.54, 1.807) is 41.1 Å². The van der Waals surface area contributed by atoms with Crippen LogP contribution < -0.4 is 10.1 Å². The molecule has 27 heavy (non-hydrogen) atoms. The molecule has 1 N–H and O–H groups in total. The number of hydrogen-bond donors (Lipinski definition) is 1. The maximum absolute atomic E-state index is 12.8. The van der Waals surface area contributed by atoms with Gasteiger partial charge in [0, 0.05) is 15.6 Å². The lowest BCUT2D eigenvalue weighted by molar-refractivity contribution is -0.0500. The van der Waals surface area contributed by atoms with E-state index in [1.807, 2.05) is 6.08 Å². The molecule has 0 fully saturated rings. The molecule has 0 spiro atoms. The van der Waals surface area contributed by atoms with Gasteiger partial charge >= 0.3 is 6.61 Å². The standard InChI is InChI=1S/C18H12Cl2F2N4O/c19-10-5-6-11(13(20)7-10)15-8-14(25-18-23-9-24-26(15)18)12-3-1-2-4-16(12)27-17(21)22/h1-9,15,17H,(H,23,24,25). The second-order valence-electron chi connectivity index (χ2n) is 5.72. The monoisotopic (exact) mass is 408 g/mol. The maximum Gasteiger partial charge on any atom is 0.387 e. The van der Waals surface area contributed by atoms with E-state index < -0.39 is 12.7 Å².